The van der Waals surface area contributed by atoms with E-state index in [4.69, 9.17) is 5.26 Å². The molecular weight excluding hydrogens is 258 g/mol. The Morgan fingerprint density at radius 1 is 0.905 bits per heavy atom. The van der Waals surface area contributed by atoms with Crippen LogP contribution in [0.2, 0.25) is 0 Å². The van der Waals surface area contributed by atoms with Crippen molar-refractivity contribution in [3.8, 4) is 6.07 Å². The van der Waals surface area contributed by atoms with Crippen molar-refractivity contribution in [2.45, 2.75) is 6.42 Å². The number of Topliss-reactive ketones (excluding diaryl/α,β-unsaturated/α-hetero) is 1. The third-order valence-electron chi connectivity index (χ3n) is 3.49. The summed E-state index contributed by atoms with van der Waals surface area (Å²) in [5, 5.41) is 11.0. The van der Waals surface area contributed by atoms with Crippen LogP contribution in [-0.4, -0.2) is 5.78 Å². The fraction of sp³-hybridized carbons (Fsp3) is 0.0526. The van der Waals surface area contributed by atoms with Gasteiger partial charge in [-0.15, -0.1) is 0 Å². The smallest absolute Gasteiger partial charge is 0.167 e. The predicted octanol–water partition coefficient (Wildman–Crippen LogP) is 4.14. The summed E-state index contributed by atoms with van der Waals surface area (Å²) in [5.74, 6) is 0.114. The van der Waals surface area contributed by atoms with Gasteiger partial charge in [-0.25, -0.2) is 0 Å². The number of fused-ring (bicyclic) bond motifs is 1. The molecule has 0 unspecified atom stereocenters. The predicted molar refractivity (Wildman–Crippen MR) is 83.1 cm³/mol. The Kier molecular flexibility index (Phi) is 3.49. The number of nitriles is 1. The molecule has 0 aliphatic carbocycles. The van der Waals surface area contributed by atoms with Gasteiger partial charge in [-0.3, -0.25) is 4.79 Å². The molecule has 0 fully saturated rings. The maximum Gasteiger partial charge on any atom is 0.167 e. The van der Waals surface area contributed by atoms with Gasteiger partial charge in [0, 0.05) is 12.0 Å². The number of benzene rings is 3. The van der Waals surface area contributed by atoms with E-state index in [0.717, 1.165) is 21.9 Å². The Balaban J connectivity index is 1.88. The van der Waals surface area contributed by atoms with E-state index in [1.54, 1.807) is 6.07 Å². The second-order valence-corrected chi connectivity index (χ2v) is 4.97. The number of hydrogen-bond acceptors (Lipinski definition) is 2. The Bertz CT molecular complexity index is 844. The highest BCUT2D eigenvalue weighted by molar-refractivity contribution is 5.98. The zero-order valence-corrected chi connectivity index (χ0v) is 11.4. The van der Waals surface area contributed by atoms with E-state index >= 15 is 0 Å². The minimum absolute atomic E-state index is 0.114. The van der Waals surface area contributed by atoms with Crippen molar-refractivity contribution in [2.24, 2.45) is 0 Å². The quantitative estimate of drug-likeness (QED) is 0.672. The SMILES string of the molecule is N#Cc1ccc2cc(CC(=O)c3ccccc3)ccc2c1. The molecule has 0 saturated carbocycles. The summed E-state index contributed by atoms with van der Waals surface area (Å²) in [7, 11) is 0. The Labute approximate surface area is 123 Å². The molecule has 0 spiro atoms. The largest absolute Gasteiger partial charge is 0.294 e. The zero-order valence-electron chi connectivity index (χ0n) is 11.4. The van der Waals surface area contributed by atoms with Gasteiger partial charge < -0.3 is 0 Å². The molecule has 2 nitrogen and oxygen atoms in total. The van der Waals surface area contributed by atoms with Gasteiger partial charge in [0.25, 0.3) is 0 Å². The molecule has 0 aliphatic heterocycles. The van der Waals surface area contributed by atoms with Crippen molar-refractivity contribution in [2.75, 3.05) is 0 Å². The first-order valence-corrected chi connectivity index (χ1v) is 6.77. The number of nitrogens with zero attached hydrogens (tertiary/aromatic N) is 1. The average Bonchev–Trinajstić information content (AvgIpc) is 2.55. The topological polar surface area (TPSA) is 40.9 Å². The van der Waals surface area contributed by atoms with Gasteiger partial charge in [0.2, 0.25) is 0 Å². The summed E-state index contributed by atoms with van der Waals surface area (Å²) >= 11 is 0. The number of hydrogen-bond donors (Lipinski definition) is 0. The van der Waals surface area contributed by atoms with Gasteiger partial charge in [-0.1, -0.05) is 54.6 Å². The van der Waals surface area contributed by atoms with Crippen LogP contribution in [-0.2, 0) is 6.42 Å². The van der Waals surface area contributed by atoms with Crippen LogP contribution >= 0.6 is 0 Å². The third-order valence-corrected chi connectivity index (χ3v) is 3.49. The van der Waals surface area contributed by atoms with E-state index < -0.39 is 0 Å². The fourth-order valence-corrected chi connectivity index (χ4v) is 2.39. The van der Waals surface area contributed by atoms with Crippen molar-refractivity contribution >= 4 is 16.6 Å². The molecule has 21 heavy (non-hydrogen) atoms. The summed E-state index contributed by atoms with van der Waals surface area (Å²) in [6.07, 6.45) is 0.389. The van der Waals surface area contributed by atoms with E-state index in [1.807, 2.05) is 60.7 Å². The van der Waals surface area contributed by atoms with Crippen LogP contribution < -0.4 is 0 Å². The van der Waals surface area contributed by atoms with Gasteiger partial charge in [-0.2, -0.15) is 5.26 Å². The first kappa shape index (κ1) is 13.1. The van der Waals surface area contributed by atoms with E-state index in [-0.39, 0.29) is 5.78 Å². The minimum Gasteiger partial charge on any atom is -0.294 e. The lowest BCUT2D eigenvalue weighted by Gasteiger charge is -2.04. The van der Waals surface area contributed by atoms with Gasteiger partial charge in [0.1, 0.15) is 0 Å². The third kappa shape index (κ3) is 2.82. The standard InChI is InChI=1S/C19H13NO/c20-13-15-7-9-17-10-14(6-8-18(17)11-15)12-19(21)16-4-2-1-3-5-16/h1-11H,12H2. The number of carbonyl (C=O) groups excluding carboxylic acids is 1. The van der Waals surface area contributed by atoms with E-state index in [1.165, 1.54) is 0 Å². The van der Waals surface area contributed by atoms with Gasteiger partial charge in [0.05, 0.1) is 11.6 Å². The molecule has 0 saturated heterocycles. The van der Waals surface area contributed by atoms with E-state index in [0.29, 0.717) is 12.0 Å². The van der Waals surface area contributed by atoms with Gasteiger partial charge in [-0.05, 0) is 28.5 Å². The second-order valence-electron chi connectivity index (χ2n) is 4.97. The summed E-state index contributed by atoms with van der Waals surface area (Å²) in [6, 6.07) is 23.0. The van der Waals surface area contributed by atoms with Crippen LogP contribution in [0.3, 0.4) is 0 Å². The molecule has 0 N–H and O–H groups in total. The second kappa shape index (κ2) is 5.60. The van der Waals surface area contributed by atoms with Crippen LogP contribution in [0.1, 0.15) is 21.5 Å². The lowest BCUT2D eigenvalue weighted by Crippen LogP contribution is -2.03. The summed E-state index contributed by atoms with van der Waals surface area (Å²) < 4.78 is 0. The van der Waals surface area contributed by atoms with Gasteiger partial charge in [0.15, 0.2) is 5.78 Å². The number of ketones is 1. The molecule has 0 amide bonds. The molecule has 3 rings (SSSR count). The Hall–Kier alpha value is -2.92. The minimum atomic E-state index is 0.114. The number of carbonyl (C=O) groups is 1. The highest BCUT2D eigenvalue weighted by atomic mass is 16.1. The Morgan fingerprint density at radius 3 is 2.38 bits per heavy atom. The molecule has 2 heteroatoms. The number of rotatable bonds is 3. The molecule has 0 aliphatic rings. The van der Waals surface area contributed by atoms with Crippen LogP contribution in [0, 0.1) is 11.3 Å². The summed E-state index contributed by atoms with van der Waals surface area (Å²) in [6.45, 7) is 0. The van der Waals surface area contributed by atoms with Crippen LogP contribution in [0.25, 0.3) is 10.8 Å². The fourth-order valence-electron chi connectivity index (χ4n) is 2.39. The molecule has 0 radical (unpaired) electrons. The maximum absolute atomic E-state index is 12.2. The lowest BCUT2D eigenvalue weighted by atomic mass is 9.99. The summed E-state index contributed by atoms with van der Waals surface area (Å²) in [5.41, 5.74) is 2.37. The van der Waals surface area contributed by atoms with Crippen molar-refractivity contribution < 1.29 is 4.79 Å². The molecule has 0 atom stereocenters. The molecule has 0 heterocycles. The van der Waals surface area contributed by atoms with E-state index in [9.17, 15) is 4.79 Å². The van der Waals surface area contributed by atoms with Crippen molar-refractivity contribution in [3.05, 3.63) is 83.4 Å². The molecule has 0 bridgehead atoms. The van der Waals surface area contributed by atoms with Gasteiger partial charge >= 0.3 is 0 Å². The summed E-state index contributed by atoms with van der Waals surface area (Å²) in [4.78, 5) is 12.2. The monoisotopic (exact) mass is 271 g/mol. The van der Waals surface area contributed by atoms with Crippen molar-refractivity contribution in [3.63, 3.8) is 0 Å². The molecular formula is C19H13NO. The normalized spacial score (nSPS) is 10.2. The van der Waals surface area contributed by atoms with Crippen LogP contribution in [0.15, 0.2) is 66.7 Å². The first-order chi connectivity index (χ1) is 10.3. The first-order valence-electron chi connectivity index (χ1n) is 6.77. The molecule has 0 aromatic heterocycles. The molecule has 3 aromatic carbocycles. The highest BCUT2D eigenvalue weighted by Crippen LogP contribution is 2.19. The molecule has 3 aromatic rings. The maximum atomic E-state index is 12.2. The zero-order chi connectivity index (χ0) is 14.7. The van der Waals surface area contributed by atoms with Crippen molar-refractivity contribution in [1.29, 1.82) is 5.26 Å². The molecule has 100 valence electrons. The average molecular weight is 271 g/mol. The Morgan fingerprint density at radius 2 is 1.62 bits per heavy atom. The lowest BCUT2D eigenvalue weighted by molar-refractivity contribution is 0.0993. The van der Waals surface area contributed by atoms with Crippen molar-refractivity contribution in [1.82, 2.24) is 0 Å². The van der Waals surface area contributed by atoms with E-state index in [2.05, 4.69) is 6.07 Å². The highest BCUT2D eigenvalue weighted by Gasteiger charge is 2.07. The van der Waals surface area contributed by atoms with Crippen LogP contribution in [0.5, 0.6) is 0 Å². The van der Waals surface area contributed by atoms with Crippen LogP contribution in [0.4, 0.5) is 0 Å².